The van der Waals surface area contributed by atoms with Gasteiger partial charge >= 0.3 is 0 Å². The fourth-order valence-corrected chi connectivity index (χ4v) is 2.44. The lowest BCUT2D eigenvalue weighted by atomic mass is 10.1. The number of nitrogens with one attached hydrogen (secondary N) is 1. The van der Waals surface area contributed by atoms with Crippen LogP contribution in [0.3, 0.4) is 0 Å². The highest BCUT2D eigenvalue weighted by atomic mass is 35.5. The Kier molecular flexibility index (Phi) is 4.19. The first kappa shape index (κ1) is 16.0. The van der Waals surface area contributed by atoms with Crippen LogP contribution in [0.2, 0.25) is 0 Å². The minimum atomic E-state index is -0.730. The van der Waals surface area contributed by atoms with E-state index in [1.165, 1.54) is 10.9 Å². The van der Waals surface area contributed by atoms with Crippen LogP contribution in [0.25, 0.3) is 16.7 Å². The summed E-state index contributed by atoms with van der Waals surface area (Å²) >= 11 is 5.80. The fraction of sp³-hybridized carbons (Fsp3) is 0.176. The van der Waals surface area contributed by atoms with Crippen molar-refractivity contribution >= 4 is 34.2 Å². The third-order valence-electron chi connectivity index (χ3n) is 3.62. The van der Waals surface area contributed by atoms with Crippen LogP contribution in [0.4, 0.5) is 5.82 Å². The van der Waals surface area contributed by atoms with E-state index < -0.39 is 11.3 Å². The van der Waals surface area contributed by atoms with Crippen molar-refractivity contribution in [2.75, 3.05) is 5.32 Å². The predicted octanol–water partition coefficient (Wildman–Crippen LogP) is 3.17. The van der Waals surface area contributed by atoms with E-state index in [1.54, 1.807) is 6.92 Å². The van der Waals surface area contributed by atoms with Crippen LogP contribution in [-0.2, 0) is 4.79 Å². The van der Waals surface area contributed by atoms with E-state index in [1.807, 2.05) is 43.3 Å². The van der Waals surface area contributed by atoms with Gasteiger partial charge in [-0.25, -0.2) is 4.98 Å². The van der Waals surface area contributed by atoms with Gasteiger partial charge in [-0.2, -0.15) is 15.0 Å². The Morgan fingerprint density at radius 3 is 2.88 bits per heavy atom. The van der Waals surface area contributed by atoms with Crippen LogP contribution in [0.15, 0.2) is 36.5 Å². The Balaban J connectivity index is 2.15. The van der Waals surface area contributed by atoms with Gasteiger partial charge in [0.2, 0.25) is 5.91 Å². The largest absolute Gasteiger partial charge is 0.308 e. The Morgan fingerprint density at radius 1 is 1.42 bits per heavy atom. The number of carbonyl (C=O) groups excluding carboxylic acids is 1. The van der Waals surface area contributed by atoms with Crippen LogP contribution in [0.1, 0.15) is 18.1 Å². The van der Waals surface area contributed by atoms with Crippen LogP contribution < -0.4 is 5.32 Å². The van der Waals surface area contributed by atoms with Gasteiger partial charge < -0.3 is 5.32 Å². The molecular formula is C17H14ClN5O. The molecule has 0 saturated heterocycles. The zero-order chi connectivity index (χ0) is 17.3. The molecule has 2 heterocycles. The van der Waals surface area contributed by atoms with Crippen LogP contribution >= 0.6 is 11.6 Å². The first-order valence-electron chi connectivity index (χ1n) is 7.31. The fourth-order valence-electron chi connectivity index (χ4n) is 2.38. The summed E-state index contributed by atoms with van der Waals surface area (Å²) in [6, 6.07) is 11.6. The summed E-state index contributed by atoms with van der Waals surface area (Å²) in [5.74, 6) is 0.370. The monoisotopic (exact) mass is 339 g/mol. The second kappa shape index (κ2) is 6.30. The lowest BCUT2D eigenvalue weighted by Crippen LogP contribution is -2.23. The van der Waals surface area contributed by atoms with Crippen molar-refractivity contribution in [2.45, 2.75) is 19.2 Å². The predicted molar refractivity (Wildman–Crippen MR) is 92.3 cm³/mol. The third-order valence-corrected chi connectivity index (χ3v) is 3.82. The third kappa shape index (κ3) is 2.82. The molecule has 0 aliphatic carbocycles. The van der Waals surface area contributed by atoms with E-state index >= 15 is 0 Å². The molecule has 7 heteroatoms. The second-order valence-corrected chi connectivity index (χ2v) is 6.00. The van der Waals surface area contributed by atoms with Gasteiger partial charge in [-0.15, -0.1) is 11.6 Å². The van der Waals surface area contributed by atoms with Gasteiger partial charge in [-0.1, -0.05) is 18.2 Å². The lowest BCUT2D eigenvalue weighted by molar-refractivity contribution is -0.115. The molecule has 3 rings (SSSR count). The molecule has 0 radical (unpaired) electrons. The summed E-state index contributed by atoms with van der Waals surface area (Å²) in [6.07, 6.45) is 1.39. The molecule has 120 valence electrons. The number of hydrogen-bond acceptors (Lipinski definition) is 4. The van der Waals surface area contributed by atoms with Crippen molar-refractivity contribution < 1.29 is 4.79 Å². The molecule has 6 nitrogen and oxygen atoms in total. The van der Waals surface area contributed by atoms with Crippen LogP contribution in [0, 0.1) is 18.3 Å². The number of aryl methyl sites for hydroxylation is 1. The number of benzene rings is 1. The number of para-hydroxylation sites is 1. The number of nitrogens with zero attached hydrogens (tertiary/aromatic N) is 4. The van der Waals surface area contributed by atoms with Crippen LogP contribution in [-0.4, -0.2) is 26.0 Å². The minimum absolute atomic E-state index is 0.244. The molecule has 1 aromatic carbocycles. The van der Waals surface area contributed by atoms with Crippen molar-refractivity contribution in [1.82, 2.24) is 14.8 Å². The number of fused-ring (bicyclic) bond motifs is 1. The molecule has 0 bridgehead atoms. The first-order valence-corrected chi connectivity index (χ1v) is 7.74. The lowest BCUT2D eigenvalue weighted by Gasteiger charge is -2.11. The Bertz CT molecular complexity index is 971. The SMILES string of the molecule is Cc1cc(-n2ncc(C#N)c2NC(=O)C(C)Cl)nc2ccccc12. The van der Waals surface area contributed by atoms with E-state index in [-0.39, 0.29) is 11.4 Å². The van der Waals surface area contributed by atoms with Crippen LogP contribution in [0.5, 0.6) is 0 Å². The summed E-state index contributed by atoms with van der Waals surface area (Å²) in [5.41, 5.74) is 2.07. The van der Waals surface area contributed by atoms with E-state index in [9.17, 15) is 10.1 Å². The maximum absolute atomic E-state index is 11.9. The number of pyridine rings is 1. The van der Waals surface area contributed by atoms with Gasteiger partial charge in [-0.3, -0.25) is 4.79 Å². The molecule has 1 atom stereocenters. The number of carbonyl (C=O) groups is 1. The van der Waals surface area contributed by atoms with Crippen molar-refractivity contribution in [3.8, 4) is 11.9 Å². The highest BCUT2D eigenvalue weighted by Crippen LogP contribution is 2.23. The molecule has 0 aliphatic rings. The Morgan fingerprint density at radius 2 is 2.17 bits per heavy atom. The topological polar surface area (TPSA) is 83.6 Å². The van der Waals surface area contributed by atoms with Gasteiger partial charge in [-0.05, 0) is 31.5 Å². The number of alkyl halides is 1. The number of rotatable bonds is 3. The van der Waals surface area contributed by atoms with Gasteiger partial charge in [0.05, 0.1) is 11.7 Å². The van der Waals surface area contributed by atoms with Gasteiger partial charge in [0.1, 0.15) is 17.0 Å². The smallest absolute Gasteiger partial charge is 0.243 e. The zero-order valence-corrected chi connectivity index (χ0v) is 13.9. The summed E-state index contributed by atoms with van der Waals surface area (Å²) < 4.78 is 1.44. The quantitative estimate of drug-likeness (QED) is 0.743. The molecule has 1 amide bonds. The number of halogens is 1. The number of aromatic nitrogens is 3. The van der Waals surface area contributed by atoms with Crippen molar-refractivity contribution in [1.29, 1.82) is 5.26 Å². The van der Waals surface area contributed by atoms with E-state index in [2.05, 4.69) is 15.4 Å². The summed E-state index contributed by atoms with van der Waals surface area (Å²) in [4.78, 5) is 16.5. The van der Waals surface area contributed by atoms with Gasteiger partial charge in [0.25, 0.3) is 0 Å². The number of anilines is 1. The first-order chi connectivity index (χ1) is 11.5. The molecule has 1 unspecified atom stereocenters. The highest BCUT2D eigenvalue weighted by Gasteiger charge is 2.18. The molecular weight excluding hydrogens is 326 g/mol. The Hall–Kier alpha value is -2.91. The molecule has 0 aliphatic heterocycles. The van der Waals surface area contributed by atoms with Gasteiger partial charge in [0, 0.05) is 5.39 Å². The number of amides is 1. The van der Waals surface area contributed by atoms with E-state index in [0.717, 1.165) is 16.5 Å². The summed E-state index contributed by atoms with van der Waals surface area (Å²) in [5, 5.41) is 16.4. The van der Waals surface area contributed by atoms with Crippen molar-refractivity contribution in [3.05, 3.63) is 47.7 Å². The minimum Gasteiger partial charge on any atom is -0.308 e. The van der Waals surface area contributed by atoms with Gasteiger partial charge in [0.15, 0.2) is 11.6 Å². The maximum atomic E-state index is 11.9. The maximum Gasteiger partial charge on any atom is 0.243 e. The molecule has 0 saturated carbocycles. The molecule has 0 fully saturated rings. The Labute approximate surface area is 143 Å². The average Bonchev–Trinajstić information content (AvgIpc) is 2.97. The molecule has 24 heavy (non-hydrogen) atoms. The molecule has 2 aromatic heterocycles. The van der Waals surface area contributed by atoms with E-state index in [4.69, 9.17) is 11.6 Å². The summed E-state index contributed by atoms with van der Waals surface area (Å²) in [6.45, 7) is 3.53. The number of hydrogen-bond donors (Lipinski definition) is 1. The molecule has 3 aromatic rings. The average molecular weight is 340 g/mol. The molecule has 0 spiro atoms. The second-order valence-electron chi connectivity index (χ2n) is 5.35. The summed E-state index contributed by atoms with van der Waals surface area (Å²) in [7, 11) is 0. The highest BCUT2D eigenvalue weighted by molar-refractivity contribution is 6.32. The normalized spacial score (nSPS) is 11.9. The van der Waals surface area contributed by atoms with Crippen molar-refractivity contribution in [3.63, 3.8) is 0 Å². The van der Waals surface area contributed by atoms with E-state index in [0.29, 0.717) is 5.82 Å². The standard InChI is InChI=1S/C17H14ClN5O/c1-10-7-15(21-14-6-4-3-5-13(10)14)23-16(12(8-19)9-20-23)22-17(24)11(2)18/h3-7,9,11H,1-2H3,(H,22,24). The zero-order valence-electron chi connectivity index (χ0n) is 13.1. The number of nitriles is 1. The van der Waals surface area contributed by atoms with Crippen molar-refractivity contribution in [2.24, 2.45) is 0 Å². The molecule has 1 N–H and O–H groups in total.